The zero-order chi connectivity index (χ0) is 10.6. The number of hydrogen-bond acceptors (Lipinski definition) is 4. The van der Waals surface area contributed by atoms with Crippen LogP contribution in [0.25, 0.3) is 0 Å². The van der Waals surface area contributed by atoms with Gasteiger partial charge in [-0.05, 0) is 12.8 Å². The maximum Gasteiger partial charge on any atom is 0.223 e. The number of aryl methyl sites for hydroxylation is 1. The highest BCUT2D eigenvalue weighted by molar-refractivity contribution is 5.17. The monoisotopic (exact) mass is 194 g/mol. The lowest BCUT2D eigenvalue weighted by atomic mass is 10.1. The van der Waals surface area contributed by atoms with Crippen molar-refractivity contribution in [2.75, 3.05) is 5.73 Å². The van der Waals surface area contributed by atoms with Crippen LogP contribution in [0.2, 0.25) is 0 Å². The van der Waals surface area contributed by atoms with Gasteiger partial charge in [0.05, 0.1) is 0 Å². The molecular weight excluding hydrogens is 176 g/mol. The van der Waals surface area contributed by atoms with Crippen LogP contribution in [0.15, 0.2) is 0 Å². The number of anilines is 1. The van der Waals surface area contributed by atoms with Gasteiger partial charge in [-0.3, -0.25) is 0 Å². The molecule has 0 saturated heterocycles. The number of nitrogens with two attached hydrogens (primary N) is 1. The van der Waals surface area contributed by atoms with E-state index >= 15 is 0 Å². The van der Waals surface area contributed by atoms with Gasteiger partial charge in [-0.25, -0.2) is 4.98 Å². The molecule has 78 valence electrons. The van der Waals surface area contributed by atoms with Crippen molar-refractivity contribution in [2.45, 2.75) is 46.0 Å². The molecule has 0 aromatic carbocycles. The topological polar surface area (TPSA) is 64.7 Å². The zero-order valence-corrected chi connectivity index (χ0v) is 9.12. The summed E-state index contributed by atoms with van der Waals surface area (Å²) in [5.74, 6) is 2.34. The predicted octanol–water partition coefficient (Wildman–Crippen LogP) is 1.92. The van der Waals surface area contributed by atoms with Crippen LogP contribution < -0.4 is 5.73 Å². The summed E-state index contributed by atoms with van der Waals surface area (Å²) in [5.41, 5.74) is 5.62. The molecule has 1 atom stereocenters. The Balaban J connectivity index is 2.94. The molecule has 4 nitrogen and oxygen atoms in total. The third-order valence-electron chi connectivity index (χ3n) is 2.24. The van der Waals surface area contributed by atoms with Crippen LogP contribution in [-0.2, 0) is 6.42 Å². The summed E-state index contributed by atoms with van der Waals surface area (Å²) < 4.78 is 0. The molecule has 0 saturated carbocycles. The SMILES string of the molecule is CCCc1nc(N)nc(C(C)CC)n1. The van der Waals surface area contributed by atoms with E-state index in [4.69, 9.17) is 5.73 Å². The van der Waals surface area contributed by atoms with E-state index in [1.54, 1.807) is 0 Å². The van der Waals surface area contributed by atoms with Gasteiger partial charge in [0.1, 0.15) is 11.6 Å². The van der Waals surface area contributed by atoms with Gasteiger partial charge in [0.15, 0.2) is 0 Å². The molecule has 0 amide bonds. The minimum atomic E-state index is 0.346. The van der Waals surface area contributed by atoms with E-state index in [1.165, 1.54) is 0 Å². The van der Waals surface area contributed by atoms with Gasteiger partial charge in [-0.15, -0.1) is 0 Å². The van der Waals surface area contributed by atoms with Crippen molar-refractivity contribution in [1.29, 1.82) is 0 Å². The van der Waals surface area contributed by atoms with E-state index < -0.39 is 0 Å². The van der Waals surface area contributed by atoms with Crippen LogP contribution >= 0.6 is 0 Å². The summed E-state index contributed by atoms with van der Waals surface area (Å²) in [6.45, 7) is 6.32. The molecule has 1 aromatic heterocycles. The van der Waals surface area contributed by atoms with Crippen LogP contribution in [0.5, 0.6) is 0 Å². The van der Waals surface area contributed by atoms with E-state index in [-0.39, 0.29) is 0 Å². The van der Waals surface area contributed by atoms with Crippen molar-refractivity contribution >= 4 is 5.95 Å². The maximum absolute atomic E-state index is 5.62. The van der Waals surface area contributed by atoms with Gasteiger partial charge in [0.25, 0.3) is 0 Å². The molecule has 4 heteroatoms. The quantitative estimate of drug-likeness (QED) is 0.795. The van der Waals surface area contributed by atoms with Gasteiger partial charge in [0, 0.05) is 12.3 Å². The Bertz CT molecular complexity index is 298. The minimum Gasteiger partial charge on any atom is -0.368 e. The minimum absolute atomic E-state index is 0.346. The smallest absolute Gasteiger partial charge is 0.223 e. The summed E-state index contributed by atoms with van der Waals surface area (Å²) in [6.07, 6.45) is 2.93. The Kier molecular flexibility index (Phi) is 3.80. The molecule has 1 rings (SSSR count). The molecule has 0 aliphatic carbocycles. The summed E-state index contributed by atoms with van der Waals surface area (Å²) >= 11 is 0. The Morgan fingerprint density at radius 2 is 1.93 bits per heavy atom. The highest BCUT2D eigenvalue weighted by Gasteiger charge is 2.09. The Hall–Kier alpha value is -1.19. The first-order valence-electron chi connectivity index (χ1n) is 5.17. The van der Waals surface area contributed by atoms with Crippen molar-refractivity contribution in [2.24, 2.45) is 0 Å². The van der Waals surface area contributed by atoms with E-state index in [9.17, 15) is 0 Å². The van der Waals surface area contributed by atoms with Crippen molar-refractivity contribution in [1.82, 2.24) is 15.0 Å². The summed E-state index contributed by atoms with van der Waals surface area (Å²) in [7, 11) is 0. The lowest BCUT2D eigenvalue weighted by Gasteiger charge is -2.08. The summed E-state index contributed by atoms with van der Waals surface area (Å²) in [6, 6.07) is 0. The number of aromatic nitrogens is 3. The van der Waals surface area contributed by atoms with Gasteiger partial charge in [0.2, 0.25) is 5.95 Å². The van der Waals surface area contributed by atoms with Crippen molar-refractivity contribution < 1.29 is 0 Å². The first-order chi connectivity index (χ1) is 6.67. The number of nitrogen functional groups attached to an aromatic ring is 1. The Morgan fingerprint density at radius 3 is 2.50 bits per heavy atom. The molecule has 0 bridgehead atoms. The van der Waals surface area contributed by atoms with Gasteiger partial charge in [-0.2, -0.15) is 9.97 Å². The molecular formula is C10H18N4. The van der Waals surface area contributed by atoms with Crippen LogP contribution in [0.3, 0.4) is 0 Å². The molecule has 1 heterocycles. The number of rotatable bonds is 4. The summed E-state index contributed by atoms with van der Waals surface area (Å²) in [5, 5.41) is 0. The van der Waals surface area contributed by atoms with Crippen LogP contribution in [-0.4, -0.2) is 15.0 Å². The maximum atomic E-state index is 5.62. The van der Waals surface area contributed by atoms with E-state index in [0.717, 1.165) is 30.9 Å². The highest BCUT2D eigenvalue weighted by Crippen LogP contribution is 2.14. The van der Waals surface area contributed by atoms with Crippen molar-refractivity contribution in [3.63, 3.8) is 0 Å². The second-order valence-corrected chi connectivity index (χ2v) is 3.53. The molecule has 0 fully saturated rings. The summed E-state index contributed by atoms with van der Waals surface area (Å²) in [4.78, 5) is 12.6. The molecule has 0 radical (unpaired) electrons. The van der Waals surface area contributed by atoms with Crippen molar-refractivity contribution in [3.8, 4) is 0 Å². The molecule has 14 heavy (non-hydrogen) atoms. The lowest BCUT2D eigenvalue weighted by Crippen LogP contribution is -2.09. The largest absolute Gasteiger partial charge is 0.368 e. The molecule has 0 aliphatic rings. The van der Waals surface area contributed by atoms with Crippen LogP contribution in [0, 0.1) is 0 Å². The fourth-order valence-electron chi connectivity index (χ4n) is 1.20. The average molecular weight is 194 g/mol. The fourth-order valence-corrected chi connectivity index (χ4v) is 1.20. The van der Waals surface area contributed by atoms with Gasteiger partial charge >= 0.3 is 0 Å². The molecule has 0 aliphatic heterocycles. The lowest BCUT2D eigenvalue weighted by molar-refractivity contribution is 0.658. The third-order valence-corrected chi connectivity index (χ3v) is 2.24. The Morgan fingerprint density at radius 1 is 1.21 bits per heavy atom. The highest BCUT2D eigenvalue weighted by atomic mass is 15.1. The van der Waals surface area contributed by atoms with Gasteiger partial charge < -0.3 is 5.73 Å². The third kappa shape index (κ3) is 2.65. The van der Waals surface area contributed by atoms with Crippen molar-refractivity contribution in [3.05, 3.63) is 11.6 Å². The zero-order valence-electron chi connectivity index (χ0n) is 9.12. The molecule has 2 N–H and O–H groups in total. The normalized spacial score (nSPS) is 12.8. The van der Waals surface area contributed by atoms with E-state index in [2.05, 4.69) is 35.7 Å². The predicted molar refractivity (Wildman–Crippen MR) is 56.9 cm³/mol. The average Bonchev–Trinajstić information content (AvgIpc) is 2.16. The van der Waals surface area contributed by atoms with Crippen LogP contribution in [0.4, 0.5) is 5.95 Å². The second-order valence-electron chi connectivity index (χ2n) is 3.53. The molecule has 0 spiro atoms. The van der Waals surface area contributed by atoms with E-state index in [1.807, 2.05) is 0 Å². The molecule has 1 unspecified atom stereocenters. The Labute approximate surface area is 85.0 Å². The first kappa shape index (κ1) is 10.9. The number of hydrogen-bond donors (Lipinski definition) is 1. The fraction of sp³-hybridized carbons (Fsp3) is 0.700. The second kappa shape index (κ2) is 4.88. The molecule has 1 aromatic rings. The van der Waals surface area contributed by atoms with Crippen LogP contribution in [0.1, 0.15) is 51.2 Å². The standard InChI is InChI=1S/C10H18N4/c1-4-6-8-12-9(7(3)5-2)14-10(11)13-8/h7H,4-6H2,1-3H3,(H2,11,12,13,14). The number of nitrogens with zero attached hydrogens (tertiary/aromatic N) is 3. The first-order valence-corrected chi connectivity index (χ1v) is 5.17. The van der Waals surface area contributed by atoms with E-state index in [0.29, 0.717) is 11.9 Å². The van der Waals surface area contributed by atoms with Gasteiger partial charge in [-0.1, -0.05) is 20.8 Å².